The highest BCUT2D eigenvalue weighted by Crippen LogP contribution is 2.19. The van der Waals surface area contributed by atoms with E-state index >= 15 is 0 Å². The lowest BCUT2D eigenvalue weighted by molar-refractivity contribution is -0.150. The molecular formula is C14H24N4O6. The number of aliphatic hydroxyl groups excluding tert-OH is 1. The van der Waals surface area contributed by atoms with Gasteiger partial charge >= 0.3 is 5.97 Å². The molecule has 0 aromatic heterocycles. The fourth-order valence-electron chi connectivity index (χ4n) is 2.54. The quantitative estimate of drug-likeness (QED) is 0.324. The molecule has 10 heteroatoms. The van der Waals surface area contributed by atoms with E-state index in [4.69, 9.17) is 16.6 Å². The van der Waals surface area contributed by atoms with Crippen LogP contribution < -0.4 is 16.8 Å². The number of rotatable bonds is 8. The molecule has 0 saturated carbocycles. The van der Waals surface area contributed by atoms with Gasteiger partial charge < -0.3 is 31.9 Å². The van der Waals surface area contributed by atoms with Crippen LogP contribution in [0.25, 0.3) is 0 Å². The van der Waals surface area contributed by atoms with Gasteiger partial charge in [0.25, 0.3) is 0 Å². The number of nitrogens with one attached hydrogen (secondary N) is 1. The molecule has 1 rings (SSSR count). The fraction of sp³-hybridized carbons (Fsp3) is 0.714. The smallest absolute Gasteiger partial charge is 0.326 e. The van der Waals surface area contributed by atoms with E-state index in [9.17, 15) is 24.3 Å². The van der Waals surface area contributed by atoms with Crippen LogP contribution in [-0.4, -0.2) is 69.6 Å². The largest absolute Gasteiger partial charge is 0.480 e. The molecule has 1 saturated heterocycles. The average Bonchev–Trinajstić information content (AvgIpc) is 2.98. The maximum Gasteiger partial charge on any atom is 0.326 e. The zero-order valence-corrected chi connectivity index (χ0v) is 13.5. The molecule has 136 valence electrons. The average molecular weight is 344 g/mol. The van der Waals surface area contributed by atoms with Gasteiger partial charge in [0.15, 0.2) is 0 Å². The van der Waals surface area contributed by atoms with Crippen LogP contribution in [-0.2, 0) is 19.2 Å². The third kappa shape index (κ3) is 5.17. The van der Waals surface area contributed by atoms with Gasteiger partial charge in [-0.3, -0.25) is 14.4 Å². The number of aliphatic hydroxyl groups is 1. The van der Waals surface area contributed by atoms with Gasteiger partial charge in [0.1, 0.15) is 12.1 Å². The molecule has 1 heterocycles. The van der Waals surface area contributed by atoms with E-state index in [2.05, 4.69) is 5.32 Å². The van der Waals surface area contributed by atoms with E-state index in [0.717, 1.165) is 4.90 Å². The van der Waals surface area contributed by atoms with Crippen LogP contribution in [0.4, 0.5) is 0 Å². The van der Waals surface area contributed by atoms with Crippen LogP contribution in [0, 0.1) is 0 Å². The van der Waals surface area contributed by atoms with Crippen molar-refractivity contribution in [2.75, 3.05) is 6.54 Å². The van der Waals surface area contributed by atoms with Gasteiger partial charge in [0, 0.05) is 13.0 Å². The lowest BCUT2D eigenvalue weighted by Crippen LogP contribution is -2.58. The second-order valence-corrected chi connectivity index (χ2v) is 5.87. The Labute approximate surface area is 139 Å². The standard InChI is InChI=1S/C14H24N4O6/c1-7(19)11(17-12(21)8(15)4-5-10(16)20)13(22)18-6-2-3-9(18)14(23)24/h7-9,11,19H,2-6,15H2,1H3,(H2,16,20)(H,17,21)(H,23,24)/t7-,8+,9-,11+/m1/s1. The summed E-state index contributed by atoms with van der Waals surface area (Å²) in [4.78, 5) is 47.5. The van der Waals surface area contributed by atoms with Crippen LogP contribution in [0.1, 0.15) is 32.6 Å². The minimum Gasteiger partial charge on any atom is -0.480 e. The summed E-state index contributed by atoms with van der Waals surface area (Å²) in [7, 11) is 0. The molecule has 0 aromatic carbocycles. The number of carbonyl (C=O) groups is 4. The van der Waals surface area contributed by atoms with Gasteiger partial charge in [-0.15, -0.1) is 0 Å². The Balaban J connectivity index is 2.76. The number of amides is 3. The first-order valence-corrected chi connectivity index (χ1v) is 7.70. The number of hydrogen-bond acceptors (Lipinski definition) is 6. The van der Waals surface area contributed by atoms with Crippen molar-refractivity contribution in [2.24, 2.45) is 11.5 Å². The van der Waals surface area contributed by atoms with E-state index in [-0.39, 0.29) is 19.4 Å². The van der Waals surface area contributed by atoms with Crippen molar-refractivity contribution in [2.45, 2.75) is 56.8 Å². The number of carboxylic acid groups (broad SMARTS) is 1. The molecule has 7 N–H and O–H groups in total. The number of carbonyl (C=O) groups excluding carboxylic acids is 3. The van der Waals surface area contributed by atoms with Gasteiger partial charge in [-0.2, -0.15) is 0 Å². The Morgan fingerprint density at radius 2 is 1.96 bits per heavy atom. The van der Waals surface area contributed by atoms with E-state index in [1.165, 1.54) is 6.92 Å². The Bertz CT molecular complexity index is 509. The number of carboxylic acids is 1. The molecule has 4 atom stereocenters. The third-order valence-corrected chi connectivity index (χ3v) is 3.91. The predicted octanol–water partition coefficient (Wildman–Crippen LogP) is -2.48. The van der Waals surface area contributed by atoms with Crippen molar-refractivity contribution < 1.29 is 29.4 Å². The second kappa shape index (κ2) is 8.60. The van der Waals surface area contributed by atoms with Crippen LogP contribution in [0.5, 0.6) is 0 Å². The summed E-state index contributed by atoms with van der Waals surface area (Å²) in [5, 5.41) is 21.3. The molecule has 1 aliphatic heterocycles. The van der Waals surface area contributed by atoms with E-state index < -0.39 is 47.9 Å². The zero-order chi connectivity index (χ0) is 18.4. The molecule has 0 unspecified atom stereocenters. The van der Waals surface area contributed by atoms with Gasteiger partial charge in [0.2, 0.25) is 17.7 Å². The number of hydrogen-bond donors (Lipinski definition) is 5. The van der Waals surface area contributed by atoms with Gasteiger partial charge in [0.05, 0.1) is 12.1 Å². The van der Waals surface area contributed by atoms with E-state index in [1.807, 2.05) is 0 Å². The lowest BCUT2D eigenvalue weighted by atomic mass is 10.1. The monoisotopic (exact) mass is 344 g/mol. The lowest BCUT2D eigenvalue weighted by Gasteiger charge is -2.29. The highest BCUT2D eigenvalue weighted by Gasteiger charge is 2.39. The summed E-state index contributed by atoms with van der Waals surface area (Å²) in [5.41, 5.74) is 10.6. The molecule has 24 heavy (non-hydrogen) atoms. The van der Waals surface area contributed by atoms with Crippen molar-refractivity contribution >= 4 is 23.7 Å². The molecular weight excluding hydrogens is 320 g/mol. The van der Waals surface area contributed by atoms with Crippen molar-refractivity contribution in [3.63, 3.8) is 0 Å². The maximum atomic E-state index is 12.5. The summed E-state index contributed by atoms with van der Waals surface area (Å²) in [6, 6.07) is -3.35. The highest BCUT2D eigenvalue weighted by atomic mass is 16.4. The molecule has 1 fully saturated rings. The number of likely N-dealkylation sites (tertiary alicyclic amines) is 1. The first kappa shape index (κ1) is 19.8. The molecule has 10 nitrogen and oxygen atoms in total. The van der Waals surface area contributed by atoms with E-state index in [1.54, 1.807) is 0 Å². The molecule has 0 aliphatic carbocycles. The van der Waals surface area contributed by atoms with Crippen molar-refractivity contribution in [3.8, 4) is 0 Å². The molecule has 0 radical (unpaired) electrons. The number of nitrogens with two attached hydrogens (primary N) is 2. The zero-order valence-electron chi connectivity index (χ0n) is 13.5. The van der Waals surface area contributed by atoms with Crippen LogP contribution >= 0.6 is 0 Å². The third-order valence-electron chi connectivity index (χ3n) is 3.91. The summed E-state index contributed by atoms with van der Waals surface area (Å²) in [6.07, 6.45) is -0.473. The Morgan fingerprint density at radius 3 is 2.46 bits per heavy atom. The summed E-state index contributed by atoms with van der Waals surface area (Å²) >= 11 is 0. The Hall–Kier alpha value is -2.20. The van der Waals surface area contributed by atoms with E-state index in [0.29, 0.717) is 12.8 Å². The first-order valence-electron chi connectivity index (χ1n) is 7.70. The number of aliphatic carboxylic acids is 1. The maximum absolute atomic E-state index is 12.5. The van der Waals surface area contributed by atoms with Crippen molar-refractivity contribution in [1.29, 1.82) is 0 Å². The summed E-state index contributed by atoms with van der Waals surface area (Å²) in [5.74, 6) is -3.13. The summed E-state index contributed by atoms with van der Waals surface area (Å²) in [6.45, 7) is 1.55. The number of primary amides is 1. The topological polar surface area (TPSA) is 176 Å². The predicted molar refractivity (Wildman–Crippen MR) is 82.4 cm³/mol. The molecule has 0 bridgehead atoms. The number of nitrogens with zero attached hydrogens (tertiary/aromatic N) is 1. The molecule has 0 spiro atoms. The van der Waals surface area contributed by atoms with Crippen molar-refractivity contribution in [1.82, 2.24) is 10.2 Å². The van der Waals surface area contributed by atoms with Gasteiger partial charge in [-0.25, -0.2) is 4.79 Å². The SMILES string of the molecule is C[C@@H](O)[C@H](NC(=O)[C@@H](N)CCC(N)=O)C(=O)N1CCC[C@@H]1C(=O)O. The van der Waals surface area contributed by atoms with Crippen molar-refractivity contribution in [3.05, 3.63) is 0 Å². The first-order chi connectivity index (χ1) is 11.1. The molecule has 1 aliphatic rings. The highest BCUT2D eigenvalue weighted by molar-refractivity contribution is 5.92. The van der Waals surface area contributed by atoms with Crippen LogP contribution in [0.2, 0.25) is 0 Å². The minimum absolute atomic E-state index is 0.00333. The normalized spacial score (nSPS) is 21.0. The second-order valence-electron chi connectivity index (χ2n) is 5.87. The Morgan fingerprint density at radius 1 is 1.33 bits per heavy atom. The van der Waals surface area contributed by atoms with Gasteiger partial charge in [-0.1, -0.05) is 0 Å². The minimum atomic E-state index is -1.31. The Kier molecular flexibility index (Phi) is 7.11. The molecule has 3 amide bonds. The summed E-state index contributed by atoms with van der Waals surface area (Å²) < 4.78 is 0. The fourth-order valence-corrected chi connectivity index (χ4v) is 2.54. The van der Waals surface area contributed by atoms with Gasteiger partial charge in [-0.05, 0) is 26.2 Å². The van der Waals surface area contributed by atoms with Crippen LogP contribution in [0.15, 0.2) is 0 Å². The molecule has 0 aromatic rings. The van der Waals surface area contributed by atoms with Crippen LogP contribution in [0.3, 0.4) is 0 Å².